The summed E-state index contributed by atoms with van der Waals surface area (Å²) in [5.74, 6) is 1.61. The minimum Gasteiger partial charge on any atom is -0.507 e. The molecule has 0 saturated carbocycles. The first kappa shape index (κ1) is 13.9. The van der Waals surface area contributed by atoms with E-state index in [0.717, 1.165) is 43.9 Å². The van der Waals surface area contributed by atoms with E-state index in [4.69, 9.17) is 0 Å². The summed E-state index contributed by atoms with van der Waals surface area (Å²) in [6.45, 7) is 7.43. The Labute approximate surface area is 125 Å². The zero-order valence-corrected chi connectivity index (χ0v) is 12.4. The highest BCUT2D eigenvalue weighted by atomic mass is 16.3. The standard InChI is InChI=1S/C16H22N4O/c1-13-3-2-4-14(16(13)21)11-19-7-9-20(10-8-19)15-5-6-17-12-18-15/h2-6,18,21H,7-12H2,1H3. The summed E-state index contributed by atoms with van der Waals surface area (Å²) in [5, 5.41) is 13.4. The summed E-state index contributed by atoms with van der Waals surface area (Å²) in [4.78, 5) is 8.88. The van der Waals surface area contributed by atoms with Crippen LogP contribution >= 0.6 is 0 Å². The number of allylic oxidation sites excluding steroid dienone is 1. The van der Waals surface area contributed by atoms with Crippen molar-refractivity contribution in [1.82, 2.24) is 15.1 Å². The molecule has 0 spiro atoms. The molecule has 5 heteroatoms. The van der Waals surface area contributed by atoms with E-state index in [1.165, 1.54) is 5.82 Å². The van der Waals surface area contributed by atoms with E-state index in [1.807, 2.05) is 37.4 Å². The molecule has 2 aliphatic rings. The Morgan fingerprint density at radius 1 is 1.24 bits per heavy atom. The van der Waals surface area contributed by atoms with Crippen molar-refractivity contribution in [3.8, 4) is 5.75 Å². The molecule has 21 heavy (non-hydrogen) atoms. The molecule has 1 fully saturated rings. The lowest BCUT2D eigenvalue weighted by Crippen LogP contribution is -2.48. The van der Waals surface area contributed by atoms with E-state index in [-0.39, 0.29) is 0 Å². The summed E-state index contributed by atoms with van der Waals surface area (Å²) >= 11 is 0. The van der Waals surface area contributed by atoms with Gasteiger partial charge in [0.15, 0.2) is 0 Å². The topological polar surface area (TPSA) is 51.1 Å². The maximum atomic E-state index is 10.1. The van der Waals surface area contributed by atoms with Gasteiger partial charge in [0.05, 0.1) is 0 Å². The summed E-state index contributed by atoms with van der Waals surface area (Å²) in [6.07, 6.45) is 3.90. The Kier molecular flexibility index (Phi) is 4.10. The van der Waals surface area contributed by atoms with Crippen LogP contribution in [0, 0.1) is 6.92 Å². The lowest BCUT2D eigenvalue weighted by molar-refractivity contribution is 0.145. The first-order chi connectivity index (χ1) is 10.2. The number of piperazine rings is 1. The lowest BCUT2D eigenvalue weighted by Gasteiger charge is -2.37. The number of phenolic OH excluding ortho intramolecular Hbond substituents is 1. The van der Waals surface area contributed by atoms with Crippen molar-refractivity contribution < 1.29 is 5.11 Å². The predicted octanol–water partition coefficient (Wildman–Crippen LogP) is 1.29. The highest BCUT2D eigenvalue weighted by Gasteiger charge is 2.20. The molecular weight excluding hydrogens is 264 g/mol. The molecule has 0 aliphatic carbocycles. The number of rotatable bonds is 3. The maximum Gasteiger partial charge on any atom is 0.122 e. The van der Waals surface area contributed by atoms with E-state index in [1.54, 1.807) is 0 Å². The smallest absolute Gasteiger partial charge is 0.122 e. The average Bonchev–Trinajstić information content (AvgIpc) is 2.53. The molecule has 1 aromatic carbocycles. The number of hydrogen-bond donors (Lipinski definition) is 2. The van der Waals surface area contributed by atoms with Crippen LogP contribution in [-0.4, -0.2) is 54.0 Å². The number of phenols is 1. The van der Waals surface area contributed by atoms with Gasteiger partial charge in [-0.2, -0.15) is 0 Å². The van der Waals surface area contributed by atoms with Crippen LogP contribution in [0.5, 0.6) is 5.75 Å². The summed E-state index contributed by atoms with van der Waals surface area (Å²) in [7, 11) is 0. The number of aryl methyl sites for hydroxylation is 1. The number of aromatic hydroxyl groups is 1. The first-order valence-electron chi connectivity index (χ1n) is 7.43. The lowest BCUT2D eigenvalue weighted by atomic mass is 10.1. The molecule has 2 N–H and O–H groups in total. The highest BCUT2D eigenvalue weighted by molar-refractivity contribution is 5.72. The number of para-hydroxylation sites is 1. The average molecular weight is 286 g/mol. The molecule has 5 nitrogen and oxygen atoms in total. The number of nitrogens with one attached hydrogen (secondary N) is 1. The van der Waals surface area contributed by atoms with Crippen LogP contribution < -0.4 is 5.32 Å². The van der Waals surface area contributed by atoms with E-state index in [2.05, 4.69) is 20.1 Å². The van der Waals surface area contributed by atoms with Gasteiger partial charge < -0.3 is 15.3 Å². The Hall–Kier alpha value is -2.01. The quantitative estimate of drug-likeness (QED) is 0.879. The molecule has 0 atom stereocenters. The minimum atomic E-state index is 0.438. The number of hydrogen-bond acceptors (Lipinski definition) is 5. The monoisotopic (exact) mass is 286 g/mol. The normalized spacial score (nSPS) is 19.3. The predicted molar refractivity (Wildman–Crippen MR) is 84.3 cm³/mol. The van der Waals surface area contributed by atoms with Gasteiger partial charge in [-0.3, -0.25) is 9.89 Å². The number of nitrogens with zero attached hydrogens (tertiary/aromatic N) is 3. The van der Waals surface area contributed by atoms with Crippen LogP contribution in [0.1, 0.15) is 11.1 Å². The van der Waals surface area contributed by atoms with E-state index >= 15 is 0 Å². The highest BCUT2D eigenvalue weighted by Crippen LogP contribution is 2.23. The van der Waals surface area contributed by atoms with Gasteiger partial charge in [0.25, 0.3) is 0 Å². The van der Waals surface area contributed by atoms with E-state index in [0.29, 0.717) is 12.4 Å². The largest absolute Gasteiger partial charge is 0.507 e. The molecule has 1 aromatic rings. The number of aliphatic imine (C=N–C) groups is 1. The molecular formula is C16H22N4O. The molecule has 1 saturated heterocycles. The van der Waals surface area contributed by atoms with Crippen LogP contribution in [0.2, 0.25) is 0 Å². The zero-order valence-electron chi connectivity index (χ0n) is 12.4. The Bertz CT molecular complexity index is 559. The Morgan fingerprint density at radius 3 is 2.76 bits per heavy atom. The van der Waals surface area contributed by atoms with E-state index in [9.17, 15) is 5.11 Å². The van der Waals surface area contributed by atoms with Gasteiger partial charge in [-0.05, 0) is 18.6 Å². The van der Waals surface area contributed by atoms with Crippen molar-refractivity contribution in [3.63, 3.8) is 0 Å². The van der Waals surface area contributed by atoms with Crippen molar-refractivity contribution in [2.45, 2.75) is 13.5 Å². The van der Waals surface area contributed by atoms with Crippen LogP contribution in [-0.2, 0) is 6.54 Å². The zero-order chi connectivity index (χ0) is 14.7. The molecule has 0 amide bonds. The molecule has 112 valence electrons. The van der Waals surface area contributed by atoms with Crippen molar-refractivity contribution in [3.05, 3.63) is 41.2 Å². The summed E-state index contributed by atoms with van der Waals surface area (Å²) in [6, 6.07) is 5.96. The van der Waals surface area contributed by atoms with Crippen LogP contribution in [0.15, 0.2) is 35.1 Å². The molecule has 0 radical (unpaired) electrons. The SMILES string of the molecule is Cc1cccc(CN2CCN(C3=CC=NCN3)CC2)c1O. The van der Waals surface area contributed by atoms with Gasteiger partial charge in [-0.25, -0.2) is 0 Å². The van der Waals surface area contributed by atoms with Crippen LogP contribution in [0.3, 0.4) is 0 Å². The van der Waals surface area contributed by atoms with Gasteiger partial charge in [-0.15, -0.1) is 0 Å². The maximum absolute atomic E-state index is 10.1. The second-order valence-corrected chi connectivity index (χ2v) is 5.56. The van der Waals surface area contributed by atoms with Gasteiger partial charge in [0.1, 0.15) is 18.2 Å². The second-order valence-electron chi connectivity index (χ2n) is 5.56. The third-order valence-electron chi connectivity index (χ3n) is 4.12. The van der Waals surface area contributed by atoms with Crippen molar-refractivity contribution in [1.29, 1.82) is 0 Å². The molecule has 0 unspecified atom stereocenters. The Balaban J connectivity index is 1.57. The number of benzene rings is 1. The van der Waals surface area contributed by atoms with Gasteiger partial charge in [-0.1, -0.05) is 18.2 Å². The van der Waals surface area contributed by atoms with E-state index < -0.39 is 0 Å². The molecule has 0 aromatic heterocycles. The fourth-order valence-corrected chi connectivity index (χ4v) is 2.81. The van der Waals surface area contributed by atoms with Gasteiger partial charge in [0, 0.05) is 44.5 Å². The van der Waals surface area contributed by atoms with Crippen LogP contribution in [0.4, 0.5) is 0 Å². The van der Waals surface area contributed by atoms with Crippen molar-refractivity contribution in [2.75, 3.05) is 32.8 Å². The summed E-state index contributed by atoms with van der Waals surface area (Å²) in [5.41, 5.74) is 1.97. The first-order valence-corrected chi connectivity index (χ1v) is 7.43. The second kappa shape index (κ2) is 6.18. The minimum absolute atomic E-state index is 0.438. The molecule has 0 bridgehead atoms. The van der Waals surface area contributed by atoms with Gasteiger partial charge in [0.2, 0.25) is 0 Å². The third kappa shape index (κ3) is 3.19. The third-order valence-corrected chi connectivity index (χ3v) is 4.12. The van der Waals surface area contributed by atoms with Crippen molar-refractivity contribution >= 4 is 6.21 Å². The molecule has 3 rings (SSSR count). The van der Waals surface area contributed by atoms with Crippen LogP contribution in [0.25, 0.3) is 0 Å². The fourth-order valence-electron chi connectivity index (χ4n) is 2.81. The van der Waals surface area contributed by atoms with Crippen molar-refractivity contribution in [2.24, 2.45) is 4.99 Å². The Morgan fingerprint density at radius 2 is 2.05 bits per heavy atom. The van der Waals surface area contributed by atoms with Gasteiger partial charge >= 0.3 is 0 Å². The molecule has 2 aliphatic heterocycles. The fraction of sp³-hybridized carbons (Fsp3) is 0.438. The molecule has 2 heterocycles. The summed E-state index contributed by atoms with van der Waals surface area (Å²) < 4.78 is 0.